The number of amides is 1. The monoisotopic (exact) mass is 343 g/mol. The Kier molecular flexibility index (Phi) is 4.15. The lowest BCUT2D eigenvalue weighted by molar-refractivity contribution is -0.150. The lowest BCUT2D eigenvalue weighted by Crippen LogP contribution is -2.58. The molecule has 1 spiro atoms. The predicted molar refractivity (Wildman–Crippen MR) is 94.4 cm³/mol. The van der Waals surface area contributed by atoms with Gasteiger partial charge in [-0.3, -0.25) is 9.59 Å². The van der Waals surface area contributed by atoms with E-state index >= 15 is 0 Å². The molecule has 25 heavy (non-hydrogen) atoms. The van der Waals surface area contributed by atoms with Crippen LogP contribution in [-0.4, -0.2) is 60.6 Å². The molecule has 0 radical (unpaired) electrons. The normalized spacial score (nSPS) is 28.0. The van der Waals surface area contributed by atoms with E-state index < -0.39 is 17.9 Å². The molecule has 2 unspecified atom stereocenters. The molecule has 134 valence electrons. The summed E-state index contributed by atoms with van der Waals surface area (Å²) in [5.41, 5.74) is 1.35. The first-order valence-electron chi connectivity index (χ1n) is 9.13. The van der Waals surface area contributed by atoms with Gasteiger partial charge in [0.15, 0.2) is 0 Å². The molecule has 1 aromatic carbocycles. The molecule has 2 aliphatic heterocycles. The number of hydrogen-bond acceptors (Lipinski definition) is 4. The SMILES string of the molecule is O=C(O)C1NCC2(CC2)CC1C(=O)N1CCN(c2ccccc2)CC1. The Labute approximate surface area is 147 Å². The standard InChI is InChI=1S/C19H25N3O3/c23-17(15-12-19(6-7-19)13-20-16(15)18(24)25)22-10-8-21(9-11-22)14-4-2-1-3-5-14/h1-5,15-16,20H,6-13H2,(H,24,25). The van der Waals surface area contributed by atoms with Crippen molar-refractivity contribution >= 4 is 17.6 Å². The molecule has 6 nitrogen and oxygen atoms in total. The van der Waals surface area contributed by atoms with E-state index in [0.717, 1.165) is 32.5 Å². The summed E-state index contributed by atoms with van der Waals surface area (Å²) in [6.07, 6.45) is 2.94. The maximum Gasteiger partial charge on any atom is 0.321 e. The summed E-state index contributed by atoms with van der Waals surface area (Å²) in [6.45, 7) is 3.63. The maximum atomic E-state index is 13.0. The number of benzene rings is 1. The fourth-order valence-corrected chi connectivity index (χ4v) is 4.23. The number of para-hydroxylation sites is 1. The average Bonchev–Trinajstić information content (AvgIpc) is 3.40. The summed E-state index contributed by atoms with van der Waals surface area (Å²) in [7, 11) is 0. The Morgan fingerprint density at radius 2 is 1.76 bits per heavy atom. The summed E-state index contributed by atoms with van der Waals surface area (Å²) in [4.78, 5) is 28.8. The van der Waals surface area contributed by atoms with Crippen LogP contribution in [0.5, 0.6) is 0 Å². The summed E-state index contributed by atoms with van der Waals surface area (Å²) in [6, 6.07) is 9.46. The van der Waals surface area contributed by atoms with Crippen molar-refractivity contribution in [2.45, 2.75) is 25.3 Å². The highest BCUT2D eigenvalue weighted by molar-refractivity contribution is 5.87. The van der Waals surface area contributed by atoms with Crippen LogP contribution in [-0.2, 0) is 9.59 Å². The topological polar surface area (TPSA) is 72.9 Å². The van der Waals surface area contributed by atoms with Crippen LogP contribution < -0.4 is 10.2 Å². The van der Waals surface area contributed by atoms with E-state index in [4.69, 9.17) is 0 Å². The molecule has 1 amide bonds. The fourth-order valence-electron chi connectivity index (χ4n) is 4.23. The van der Waals surface area contributed by atoms with Crippen LogP contribution in [0.4, 0.5) is 5.69 Å². The molecule has 1 saturated carbocycles. The molecule has 1 aliphatic carbocycles. The number of nitrogens with one attached hydrogen (secondary N) is 1. The van der Waals surface area contributed by atoms with Gasteiger partial charge in [-0.05, 0) is 36.8 Å². The number of carboxylic acids is 1. The number of hydrogen-bond donors (Lipinski definition) is 2. The number of carbonyl (C=O) groups is 2. The molecular formula is C19H25N3O3. The highest BCUT2D eigenvalue weighted by atomic mass is 16.4. The lowest BCUT2D eigenvalue weighted by Gasteiger charge is -2.41. The molecule has 4 rings (SSSR count). The van der Waals surface area contributed by atoms with Crippen molar-refractivity contribution < 1.29 is 14.7 Å². The second-order valence-electron chi connectivity index (χ2n) is 7.66. The average molecular weight is 343 g/mol. The zero-order valence-corrected chi connectivity index (χ0v) is 14.4. The third-order valence-corrected chi connectivity index (χ3v) is 6.01. The first-order chi connectivity index (χ1) is 12.1. The quantitative estimate of drug-likeness (QED) is 0.862. The van der Waals surface area contributed by atoms with E-state index in [0.29, 0.717) is 19.5 Å². The van der Waals surface area contributed by atoms with Gasteiger partial charge < -0.3 is 20.2 Å². The van der Waals surface area contributed by atoms with E-state index in [-0.39, 0.29) is 11.3 Å². The zero-order chi connectivity index (χ0) is 17.4. The van der Waals surface area contributed by atoms with Gasteiger partial charge in [0.1, 0.15) is 6.04 Å². The molecule has 0 bridgehead atoms. The summed E-state index contributed by atoms with van der Waals surface area (Å²) in [5.74, 6) is -1.33. The van der Waals surface area contributed by atoms with Crippen LogP contribution in [0.2, 0.25) is 0 Å². The van der Waals surface area contributed by atoms with E-state index in [9.17, 15) is 14.7 Å². The minimum absolute atomic E-state index is 0.0126. The zero-order valence-electron chi connectivity index (χ0n) is 14.4. The molecule has 0 aromatic heterocycles. The molecule has 2 heterocycles. The van der Waals surface area contributed by atoms with Crippen molar-refractivity contribution in [2.24, 2.45) is 11.3 Å². The number of piperazine rings is 1. The number of carboxylic acid groups (broad SMARTS) is 1. The van der Waals surface area contributed by atoms with Crippen molar-refractivity contribution in [2.75, 3.05) is 37.6 Å². The third-order valence-electron chi connectivity index (χ3n) is 6.01. The van der Waals surface area contributed by atoms with Crippen molar-refractivity contribution in [1.82, 2.24) is 10.2 Å². The summed E-state index contributed by atoms with van der Waals surface area (Å²) < 4.78 is 0. The smallest absolute Gasteiger partial charge is 0.321 e. The molecule has 3 aliphatic rings. The fraction of sp³-hybridized carbons (Fsp3) is 0.579. The Hall–Kier alpha value is -2.08. The number of anilines is 1. The van der Waals surface area contributed by atoms with Crippen LogP contribution in [0.1, 0.15) is 19.3 Å². The molecule has 2 saturated heterocycles. The van der Waals surface area contributed by atoms with E-state index in [1.807, 2.05) is 23.1 Å². The Morgan fingerprint density at radius 3 is 2.36 bits per heavy atom. The molecule has 6 heteroatoms. The van der Waals surface area contributed by atoms with Crippen LogP contribution >= 0.6 is 0 Å². The maximum absolute atomic E-state index is 13.0. The summed E-state index contributed by atoms with van der Waals surface area (Å²) in [5, 5.41) is 12.6. The molecule has 3 fully saturated rings. The van der Waals surface area contributed by atoms with Gasteiger partial charge in [-0.25, -0.2) is 0 Å². The van der Waals surface area contributed by atoms with Crippen molar-refractivity contribution in [3.05, 3.63) is 30.3 Å². The Morgan fingerprint density at radius 1 is 1.08 bits per heavy atom. The van der Waals surface area contributed by atoms with Crippen molar-refractivity contribution in [3.63, 3.8) is 0 Å². The minimum atomic E-state index is -0.906. The van der Waals surface area contributed by atoms with Crippen LogP contribution in [0, 0.1) is 11.3 Å². The van der Waals surface area contributed by atoms with Gasteiger partial charge in [-0.2, -0.15) is 0 Å². The second kappa shape index (κ2) is 6.33. The van der Waals surface area contributed by atoms with E-state index in [2.05, 4.69) is 22.3 Å². The number of nitrogens with zero attached hydrogens (tertiary/aromatic N) is 2. The van der Waals surface area contributed by atoms with Crippen LogP contribution in [0.25, 0.3) is 0 Å². The number of rotatable bonds is 3. The van der Waals surface area contributed by atoms with Gasteiger partial charge in [0.25, 0.3) is 0 Å². The highest BCUT2D eigenvalue weighted by Gasteiger charge is 2.53. The van der Waals surface area contributed by atoms with Gasteiger partial charge in [0.2, 0.25) is 5.91 Å². The van der Waals surface area contributed by atoms with Crippen LogP contribution in [0.3, 0.4) is 0 Å². The molecule has 2 atom stereocenters. The molecule has 2 N–H and O–H groups in total. The summed E-state index contributed by atoms with van der Waals surface area (Å²) >= 11 is 0. The third kappa shape index (κ3) is 3.23. The number of carbonyl (C=O) groups excluding carboxylic acids is 1. The van der Waals surface area contributed by atoms with Gasteiger partial charge >= 0.3 is 5.97 Å². The highest BCUT2D eigenvalue weighted by Crippen LogP contribution is 2.52. The van der Waals surface area contributed by atoms with Crippen LogP contribution in [0.15, 0.2) is 30.3 Å². The van der Waals surface area contributed by atoms with Gasteiger partial charge in [-0.1, -0.05) is 18.2 Å². The minimum Gasteiger partial charge on any atom is -0.480 e. The first kappa shape index (κ1) is 16.4. The Bertz CT molecular complexity index is 651. The van der Waals surface area contributed by atoms with Gasteiger partial charge in [-0.15, -0.1) is 0 Å². The van der Waals surface area contributed by atoms with Gasteiger partial charge in [0.05, 0.1) is 5.92 Å². The van der Waals surface area contributed by atoms with Crippen molar-refractivity contribution in [1.29, 1.82) is 0 Å². The first-order valence-corrected chi connectivity index (χ1v) is 9.13. The van der Waals surface area contributed by atoms with Crippen molar-refractivity contribution in [3.8, 4) is 0 Å². The van der Waals surface area contributed by atoms with E-state index in [1.54, 1.807) is 0 Å². The molecule has 1 aromatic rings. The van der Waals surface area contributed by atoms with E-state index in [1.165, 1.54) is 5.69 Å². The lowest BCUT2D eigenvalue weighted by atomic mass is 9.81. The molecular weight excluding hydrogens is 318 g/mol. The predicted octanol–water partition coefficient (Wildman–Crippen LogP) is 1.18. The Balaban J connectivity index is 1.41. The second-order valence-corrected chi connectivity index (χ2v) is 7.66. The number of aliphatic carboxylic acids is 1. The largest absolute Gasteiger partial charge is 0.480 e. The van der Waals surface area contributed by atoms with Gasteiger partial charge in [0, 0.05) is 38.4 Å². The number of piperidine rings is 1.